The van der Waals surface area contributed by atoms with Crippen molar-refractivity contribution in [3.8, 4) is 0 Å². The van der Waals surface area contributed by atoms with Crippen LogP contribution in [0.4, 0.5) is 0 Å². The van der Waals surface area contributed by atoms with Crippen LogP contribution < -0.4 is 5.32 Å². The predicted octanol–water partition coefficient (Wildman–Crippen LogP) is -0.202. The van der Waals surface area contributed by atoms with Gasteiger partial charge >= 0.3 is 0 Å². The Morgan fingerprint density at radius 1 is 1.54 bits per heavy atom. The van der Waals surface area contributed by atoms with Gasteiger partial charge in [-0.1, -0.05) is 0 Å². The Hall–Kier alpha value is -0.130. The summed E-state index contributed by atoms with van der Waals surface area (Å²) in [6, 6.07) is -0.0706. The maximum atomic E-state index is 11.5. The lowest BCUT2D eigenvalue weighted by Crippen LogP contribution is -2.59. The minimum Gasteiger partial charge on any atom is -0.383 e. The van der Waals surface area contributed by atoms with Gasteiger partial charge in [0.1, 0.15) is 0 Å². The molecule has 1 heterocycles. The summed E-state index contributed by atoms with van der Waals surface area (Å²) in [4.78, 5) is 0. The number of ether oxygens (including phenoxy) is 1. The third kappa shape index (κ3) is 3.25. The molecule has 1 rings (SSSR count). The van der Waals surface area contributed by atoms with Gasteiger partial charge in [0.2, 0.25) is 0 Å². The monoisotopic (exact) mass is 207 g/mol. The molecule has 0 aromatic carbocycles. The van der Waals surface area contributed by atoms with Crippen molar-refractivity contribution in [2.45, 2.75) is 25.4 Å². The van der Waals surface area contributed by atoms with E-state index in [2.05, 4.69) is 5.32 Å². The highest BCUT2D eigenvalue weighted by Gasteiger charge is 2.35. The van der Waals surface area contributed by atoms with Gasteiger partial charge in [0.25, 0.3) is 0 Å². The molecule has 0 radical (unpaired) electrons. The van der Waals surface area contributed by atoms with E-state index in [0.717, 1.165) is 0 Å². The number of methoxy groups -OCH3 is 1. The molecular formula is C8H17NO3S. The number of hydrogen-bond acceptors (Lipinski definition) is 4. The maximum absolute atomic E-state index is 11.5. The van der Waals surface area contributed by atoms with Crippen LogP contribution in [0.5, 0.6) is 0 Å². The van der Waals surface area contributed by atoms with Crippen LogP contribution in [0.1, 0.15) is 13.8 Å². The second kappa shape index (κ2) is 3.55. The molecule has 1 aliphatic heterocycles. The van der Waals surface area contributed by atoms with Gasteiger partial charge in [-0.2, -0.15) is 0 Å². The lowest BCUT2D eigenvalue weighted by atomic mass is 10.1. The molecule has 0 spiro atoms. The molecule has 1 saturated heterocycles. The van der Waals surface area contributed by atoms with E-state index in [1.165, 1.54) is 0 Å². The molecule has 0 aliphatic carbocycles. The second-order valence-electron chi connectivity index (χ2n) is 4.24. The molecule has 1 aliphatic rings. The van der Waals surface area contributed by atoms with Crippen LogP contribution in [0, 0.1) is 0 Å². The Bertz CT molecular complexity index is 271. The van der Waals surface area contributed by atoms with Gasteiger partial charge in [-0.05, 0) is 13.8 Å². The van der Waals surface area contributed by atoms with Crippen molar-refractivity contribution in [2.24, 2.45) is 0 Å². The van der Waals surface area contributed by atoms with Gasteiger partial charge < -0.3 is 10.1 Å². The molecule has 0 bridgehead atoms. The molecule has 1 unspecified atom stereocenters. The molecule has 5 heteroatoms. The van der Waals surface area contributed by atoms with E-state index in [0.29, 0.717) is 6.61 Å². The van der Waals surface area contributed by atoms with E-state index in [9.17, 15) is 8.42 Å². The Morgan fingerprint density at radius 2 is 2.15 bits per heavy atom. The molecule has 4 nitrogen and oxygen atoms in total. The molecule has 1 atom stereocenters. The third-order valence-corrected chi connectivity index (χ3v) is 4.07. The van der Waals surface area contributed by atoms with Gasteiger partial charge in [-0.15, -0.1) is 0 Å². The highest BCUT2D eigenvalue weighted by molar-refractivity contribution is 7.91. The molecule has 0 amide bonds. The Labute approximate surface area is 79.6 Å². The lowest BCUT2D eigenvalue weighted by molar-refractivity contribution is 0.157. The first-order valence-electron chi connectivity index (χ1n) is 4.32. The van der Waals surface area contributed by atoms with E-state index in [1.54, 1.807) is 7.11 Å². The third-order valence-electron chi connectivity index (χ3n) is 2.00. The van der Waals surface area contributed by atoms with Crippen molar-refractivity contribution >= 4 is 9.84 Å². The predicted molar refractivity (Wildman–Crippen MR) is 51.5 cm³/mol. The van der Waals surface area contributed by atoms with Crippen LogP contribution in [-0.4, -0.2) is 45.2 Å². The minimum atomic E-state index is -2.90. The summed E-state index contributed by atoms with van der Waals surface area (Å²) in [5.41, 5.74) is -0.333. The van der Waals surface area contributed by atoms with E-state index >= 15 is 0 Å². The molecule has 0 saturated carbocycles. The van der Waals surface area contributed by atoms with Crippen LogP contribution in [0.25, 0.3) is 0 Å². The molecule has 0 aromatic rings. The highest BCUT2D eigenvalue weighted by atomic mass is 32.2. The smallest absolute Gasteiger partial charge is 0.153 e. The fourth-order valence-corrected chi connectivity index (χ4v) is 3.94. The Balaban J connectivity index is 2.72. The zero-order valence-corrected chi connectivity index (χ0v) is 9.15. The number of sulfone groups is 1. The first kappa shape index (κ1) is 10.9. The molecule has 0 aromatic heterocycles. The second-order valence-corrected chi connectivity index (χ2v) is 6.34. The quantitative estimate of drug-likeness (QED) is 0.681. The summed E-state index contributed by atoms with van der Waals surface area (Å²) < 4.78 is 27.9. The van der Waals surface area contributed by atoms with Gasteiger partial charge in [0.05, 0.1) is 18.1 Å². The summed E-state index contributed by atoms with van der Waals surface area (Å²) >= 11 is 0. The average Bonchev–Trinajstić information content (AvgIpc) is 1.78. The van der Waals surface area contributed by atoms with Crippen molar-refractivity contribution in [3.05, 3.63) is 0 Å². The molecule has 13 heavy (non-hydrogen) atoms. The fraction of sp³-hybridized carbons (Fsp3) is 1.00. The van der Waals surface area contributed by atoms with E-state index in [1.807, 2.05) is 13.8 Å². The topological polar surface area (TPSA) is 55.4 Å². The Morgan fingerprint density at radius 3 is 2.62 bits per heavy atom. The summed E-state index contributed by atoms with van der Waals surface area (Å²) in [6.45, 7) is 4.24. The van der Waals surface area contributed by atoms with Gasteiger partial charge in [-0.3, -0.25) is 0 Å². The Kier molecular flexibility index (Phi) is 2.99. The number of nitrogens with one attached hydrogen (secondary N) is 1. The van der Waals surface area contributed by atoms with Gasteiger partial charge in [0.15, 0.2) is 9.84 Å². The van der Waals surface area contributed by atoms with Crippen LogP contribution in [0.15, 0.2) is 0 Å². The first-order valence-corrected chi connectivity index (χ1v) is 6.14. The number of hydrogen-bond donors (Lipinski definition) is 1. The van der Waals surface area contributed by atoms with Crippen molar-refractivity contribution in [2.75, 3.05) is 25.2 Å². The summed E-state index contributed by atoms with van der Waals surface area (Å²) in [5.74, 6) is 0.393. The molecule has 1 N–H and O–H groups in total. The average molecular weight is 207 g/mol. The van der Waals surface area contributed by atoms with E-state index in [-0.39, 0.29) is 23.1 Å². The van der Waals surface area contributed by atoms with Crippen LogP contribution in [-0.2, 0) is 14.6 Å². The van der Waals surface area contributed by atoms with Crippen molar-refractivity contribution < 1.29 is 13.2 Å². The van der Waals surface area contributed by atoms with E-state index < -0.39 is 9.84 Å². The maximum Gasteiger partial charge on any atom is 0.153 e. The van der Waals surface area contributed by atoms with Crippen LogP contribution in [0.2, 0.25) is 0 Å². The first-order chi connectivity index (χ1) is 5.85. The normalized spacial score (nSPS) is 31.5. The molecule has 78 valence electrons. The summed E-state index contributed by atoms with van der Waals surface area (Å²) in [6.07, 6.45) is 0. The van der Waals surface area contributed by atoms with Crippen molar-refractivity contribution in [1.82, 2.24) is 5.32 Å². The molecule has 1 fully saturated rings. The zero-order valence-electron chi connectivity index (χ0n) is 8.33. The van der Waals surface area contributed by atoms with Crippen molar-refractivity contribution in [1.29, 1.82) is 0 Å². The fourth-order valence-electron chi connectivity index (χ4n) is 1.84. The zero-order chi connectivity index (χ0) is 10.1. The van der Waals surface area contributed by atoms with Crippen molar-refractivity contribution in [3.63, 3.8) is 0 Å². The summed E-state index contributed by atoms with van der Waals surface area (Å²) in [5, 5.41) is 3.25. The minimum absolute atomic E-state index is 0.0706. The SMILES string of the molecule is COCC1CS(=O)(=O)CC(C)(C)N1. The molecular weight excluding hydrogens is 190 g/mol. The standard InChI is InChI=1S/C8H17NO3S/c1-8(2)6-13(10,11)5-7(9-8)4-12-3/h7,9H,4-6H2,1-3H3. The van der Waals surface area contributed by atoms with Gasteiger partial charge in [0, 0.05) is 18.7 Å². The largest absolute Gasteiger partial charge is 0.383 e. The summed E-state index contributed by atoms with van der Waals surface area (Å²) in [7, 11) is -1.32. The van der Waals surface area contributed by atoms with Crippen LogP contribution in [0.3, 0.4) is 0 Å². The highest BCUT2D eigenvalue weighted by Crippen LogP contribution is 2.15. The van der Waals surface area contributed by atoms with E-state index in [4.69, 9.17) is 4.74 Å². The van der Waals surface area contributed by atoms with Crippen LogP contribution >= 0.6 is 0 Å². The van der Waals surface area contributed by atoms with Gasteiger partial charge in [-0.25, -0.2) is 8.42 Å². The number of rotatable bonds is 2. The lowest BCUT2D eigenvalue weighted by Gasteiger charge is -2.36.